The summed E-state index contributed by atoms with van der Waals surface area (Å²) in [7, 11) is 1.68. The maximum absolute atomic E-state index is 5.88. The molecule has 1 N–H and O–H groups in total. The van der Waals surface area contributed by atoms with E-state index in [-0.39, 0.29) is 0 Å². The topological polar surface area (TPSA) is 30.5 Å². The van der Waals surface area contributed by atoms with Gasteiger partial charge in [0.15, 0.2) is 11.5 Å². The molecule has 1 aromatic carbocycles. The summed E-state index contributed by atoms with van der Waals surface area (Å²) in [5.41, 5.74) is 0. The van der Waals surface area contributed by atoms with Gasteiger partial charge in [-0.15, -0.1) is 0 Å². The molecular formula is C17H27NO2. The van der Waals surface area contributed by atoms with Crippen LogP contribution in [0.25, 0.3) is 0 Å². The highest BCUT2D eigenvalue weighted by atomic mass is 16.5. The Hall–Kier alpha value is -1.22. The summed E-state index contributed by atoms with van der Waals surface area (Å²) in [6.07, 6.45) is 3.78. The first kappa shape index (κ1) is 15.2. The van der Waals surface area contributed by atoms with E-state index in [4.69, 9.17) is 9.47 Å². The average Bonchev–Trinajstić information content (AvgIpc) is 3.26. The monoisotopic (exact) mass is 277 g/mol. The first-order valence-corrected chi connectivity index (χ1v) is 7.70. The molecule has 112 valence electrons. The molecule has 1 fully saturated rings. The van der Waals surface area contributed by atoms with E-state index in [9.17, 15) is 0 Å². The van der Waals surface area contributed by atoms with E-state index in [1.807, 2.05) is 24.3 Å². The molecule has 0 radical (unpaired) electrons. The Kier molecular flexibility index (Phi) is 5.72. The fourth-order valence-electron chi connectivity index (χ4n) is 2.33. The van der Waals surface area contributed by atoms with Crippen molar-refractivity contribution in [3.63, 3.8) is 0 Å². The Morgan fingerprint density at radius 3 is 2.50 bits per heavy atom. The Morgan fingerprint density at radius 2 is 1.90 bits per heavy atom. The van der Waals surface area contributed by atoms with Gasteiger partial charge in [-0.3, -0.25) is 0 Å². The second-order valence-corrected chi connectivity index (χ2v) is 5.97. The lowest BCUT2D eigenvalue weighted by atomic mass is 9.93. The van der Waals surface area contributed by atoms with E-state index in [1.54, 1.807) is 7.11 Å². The Bertz CT molecular complexity index is 402. The second-order valence-electron chi connectivity index (χ2n) is 5.97. The van der Waals surface area contributed by atoms with Crippen molar-refractivity contribution >= 4 is 0 Å². The summed E-state index contributed by atoms with van der Waals surface area (Å²) in [4.78, 5) is 0. The van der Waals surface area contributed by atoms with Gasteiger partial charge in [0.05, 0.1) is 13.7 Å². The third-order valence-electron chi connectivity index (χ3n) is 4.00. The molecule has 0 amide bonds. The lowest BCUT2D eigenvalue weighted by Crippen LogP contribution is -2.29. The zero-order chi connectivity index (χ0) is 14.4. The molecule has 1 unspecified atom stereocenters. The van der Waals surface area contributed by atoms with Gasteiger partial charge in [0, 0.05) is 6.04 Å². The number of benzene rings is 1. The first-order valence-electron chi connectivity index (χ1n) is 7.70. The van der Waals surface area contributed by atoms with Crippen LogP contribution in [0.15, 0.2) is 24.3 Å². The molecule has 3 heteroatoms. The number of ether oxygens (including phenoxy) is 2. The van der Waals surface area contributed by atoms with Crippen molar-refractivity contribution < 1.29 is 9.47 Å². The molecule has 3 nitrogen and oxygen atoms in total. The molecule has 0 saturated heterocycles. The average molecular weight is 277 g/mol. The molecule has 1 aromatic rings. The van der Waals surface area contributed by atoms with Crippen molar-refractivity contribution in [1.29, 1.82) is 0 Å². The van der Waals surface area contributed by atoms with Gasteiger partial charge in [0.1, 0.15) is 0 Å². The van der Waals surface area contributed by atoms with Gasteiger partial charge in [-0.2, -0.15) is 0 Å². The SMILES string of the molecule is COc1ccccc1OCCC(CNC1CC1)C(C)C. The molecule has 1 aliphatic rings. The minimum Gasteiger partial charge on any atom is -0.493 e. The smallest absolute Gasteiger partial charge is 0.161 e. The number of methoxy groups -OCH3 is 1. The molecule has 0 spiro atoms. The normalized spacial score (nSPS) is 16.2. The van der Waals surface area contributed by atoms with Crippen LogP contribution in [-0.2, 0) is 0 Å². The van der Waals surface area contributed by atoms with Gasteiger partial charge in [-0.1, -0.05) is 26.0 Å². The predicted octanol–water partition coefficient (Wildman–Crippen LogP) is 3.49. The van der Waals surface area contributed by atoms with E-state index in [1.165, 1.54) is 12.8 Å². The molecular weight excluding hydrogens is 250 g/mol. The highest BCUT2D eigenvalue weighted by molar-refractivity contribution is 5.39. The predicted molar refractivity (Wildman–Crippen MR) is 82.5 cm³/mol. The number of rotatable bonds is 9. The summed E-state index contributed by atoms with van der Waals surface area (Å²) in [5.74, 6) is 3.00. The summed E-state index contributed by atoms with van der Waals surface area (Å²) in [6, 6.07) is 8.62. The van der Waals surface area contributed by atoms with Gasteiger partial charge >= 0.3 is 0 Å². The molecule has 0 heterocycles. The minimum atomic E-state index is 0.672. The highest BCUT2D eigenvalue weighted by Crippen LogP contribution is 2.27. The van der Waals surface area contributed by atoms with E-state index in [2.05, 4.69) is 19.2 Å². The van der Waals surface area contributed by atoms with Gasteiger partial charge < -0.3 is 14.8 Å². The van der Waals surface area contributed by atoms with Gasteiger partial charge in [-0.25, -0.2) is 0 Å². The van der Waals surface area contributed by atoms with Crippen LogP contribution in [0.5, 0.6) is 11.5 Å². The van der Waals surface area contributed by atoms with Crippen LogP contribution < -0.4 is 14.8 Å². The molecule has 20 heavy (non-hydrogen) atoms. The van der Waals surface area contributed by atoms with Gasteiger partial charge in [0.25, 0.3) is 0 Å². The minimum absolute atomic E-state index is 0.672. The summed E-state index contributed by atoms with van der Waals surface area (Å²) >= 11 is 0. The number of para-hydroxylation sites is 2. The van der Waals surface area contributed by atoms with E-state index in [0.717, 1.165) is 37.1 Å². The lowest BCUT2D eigenvalue weighted by molar-refractivity contribution is 0.235. The van der Waals surface area contributed by atoms with Crippen molar-refractivity contribution in [2.75, 3.05) is 20.3 Å². The first-order chi connectivity index (χ1) is 9.70. The number of hydrogen-bond donors (Lipinski definition) is 1. The van der Waals surface area contributed by atoms with Crippen molar-refractivity contribution in [2.45, 2.75) is 39.2 Å². The molecule has 0 bridgehead atoms. The van der Waals surface area contributed by atoms with Crippen LogP contribution in [0, 0.1) is 11.8 Å². The third-order valence-corrected chi connectivity index (χ3v) is 4.00. The zero-order valence-corrected chi connectivity index (χ0v) is 12.9. The molecule has 1 atom stereocenters. The fourth-order valence-corrected chi connectivity index (χ4v) is 2.33. The largest absolute Gasteiger partial charge is 0.493 e. The van der Waals surface area contributed by atoms with Crippen LogP contribution in [-0.4, -0.2) is 26.3 Å². The summed E-state index contributed by atoms with van der Waals surface area (Å²) < 4.78 is 11.2. The van der Waals surface area contributed by atoms with Crippen molar-refractivity contribution in [3.8, 4) is 11.5 Å². The Labute approximate surface area is 122 Å². The van der Waals surface area contributed by atoms with Crippen LogP contribution in [0.2, 0.25) is 0 Å². The van der Waals surface area contributed by atoms with Crippen molar-refractivity contribution in [3.05, 3.63) is 24.3 Å². The fraction of sp³-hybridized carbons (Fsp3) is 0.647. The van der Waals surface area contributed by atoms with Crippen LogP contribution in [0.1, 0.15) is 33.1 Å². The molecule has 1 aliphatic carbocycles. The van der Waals surface area contributed by atoms with E-state index in [0.29, 0.717) is 11.8 Å². The number of hydrogen-bond acceptors (Lipinski definition) is 3. The van der Waals surface area contributed by atoms with E-state index < -0.39 is 0 Å². The molecule has 0 aliphatic heterocycles. The Morgan fingerprint density at radius 1 is 1.20 bits per heavy atom. The van der Waals surface area contributed by atoms with Crippen LogP contribution in [0.4, 0.5) is 0 Å². The maximum atomic E-state index is 5.88. The van der Waals surface area contributed by atoms with Crippen LogP contribution >= 0.6 is 0 Å². The van der Waals surface area contributed by atoms with Gasteiger partial charge in [0.2, 0.25) is 0 Å². The van der Waals surface area contributed by atoms with Gasteiger partial charge in [-0.05, 0) is 49.8 Å². The van der Waals surface area contributed by atoms with Crippen LogP contribution in [0.3, 0.4) is 0 Å². The molecule has 2 rings (SSSR count). The molecule has 1 saturated carbocycles. The second kappa shape index (κ2) is 7.53. The summed E-state index contributed by atoms with van der Waals surface area (Å²) in [6.45, 7) is 6.44. The quantitative estimate of drug-likeness (QED) is 0.749. The maximum Gasteiger partial charge on any atom is 0.161 e. The lowest BCUT2D eigenvalue weighted by Gasteiger charge is -2.21. The van der Waals surface area contributed by atoms with E-state index >= 15 is 0 Å². The standard InChI is InChI=1S/C17H27NO2/c1-13(2)14(12-18-15-8-9-15)10-11-20-17-7-5-4-6-16(17)19-3/h4-7,13-15,18H,8-12H2,1-3H3. The summed E-state index contributed by atoms with van der Waals surface area (Å²) in [5, 5.41) is 3.63. The highest BCUT2D eigenvalue weighted by Gasteiger charge is 2.23. The molecule has 0 aromatic heterocycles. The zero-order valence-electron chi connectivity index (χ0n) is 12.9. The third kappa shape index (κ3) is 4.71. The Balaban J connectivity index is 1.76. The van der Waals surface area contributed by atoms with Crippen molar-refractivity contribution in [1.82, 2.24) is 5.32 Å². The number of nitrogens with one attached hydrogen (secondary N) is 1. The van der Waals surface area contributed by atoms with Crippen molar-refractivity contribution in [2.24, 2.45) is 11.8 Å².